The molecule has 1 aromatic rings. The summed E-state index contributed by atoms with van der Waals surface area (Å²) >= 11 is 0. The molecule has 3 N–H and O–H groups in total. The van der Waals surface area contributed by atoms with Gasteiger partial charge in [0, 0.05) is 6.04 Å². The molecule has 104 valence electrons. The summed E-state index contributed by atoms with van der Waals surface area (Å²) in [5, 5.41) is 3.06. The molecule has 1 rings (SSSR count). The summed E-state index contributed by atoms with van der Waals surface area (Å²) in [5.74, 6) is 1.37. The van der Waals surface area contributed by atoms with Crippen LogP contribution in [0.5, 0.6) is 0 Å². The van der Waals surface area contributed by atoms with Crippen LogP contribution in [0.2, 0.25) is 0 Å². The highest BCUT2D eigenvalue weighted by Gasteiger charge is 2.16. The monoisotopic (exact) mass is 366 g/mol. The van der Waals surface area contributed by atoms with Crippen molar-refractivity contribution in [1.29, 1.82) is 0 Å². The van der Waals surface area contributed by atoms with Crippen molar-refractivity contribution >= 4 is 29.9 Å². The molecule has 0 spiro atoms. The first-order valence-corrected chi connectivity index (χ1v) is 5.77. The van der Waals surface area contributed by atoms with Crippen molar-refractivity contribution in [2.75, 3.05) is 20.6 Å². The van der Waals surface area contributed by atoms with E-state index in [4.69, 9.17) is 10.2 Å². The minimum atomic E-state index is 0. The predicted molar refractivity (Wildman–Crippen MR) is 85.3 cm³/mol. The molecule has 0 amide bonds. The highest BCUT2D eigenvalue weighted by Crippen LogP contribution is 2.18. The molecule has 0 bridgehead atoms. The Morgan fingerprint density at radius 1 is 1.50 bits per heavy atom. The Labute approximate surface area is 126 Å². The van der Waals surface area contributed by atoms with E-state index in [9.17, 15) is 0 Å². The average Bonchev–Trinajstić information content (AvgIpc) is 2.69. The number of aliphatic imine (C=N–C) groups is 1. The van der Waals surface area contributed by atoms with Gasteiger partial charge in [-0.15, -0.1) is 24.0 Å². The maximum atomic E-state index is 5.77. The van der Waals surface area contributed by atoms with Crippen LogP contribution in [0.15, 0.2) is 27.8 Å². The zero-order valence-electron chi connectivity index (χ0n) is 11.4. The summed E-state index contributed by atoms with van der Waals surface area (Å²) in [7, 11) is 3.99. The Bertz CT molecular complexity index is 349. The van der Waals surface area contributed by atoms with Gasteiger partial charge in [0.2, 0.25) is 0 Å². The number of nitrogens with two attached hydrogens (primary N) is 1. The van der Waals surface area contributed by atoms with Gasteiger partial charge in [0.25, 0.3) is 0 Å². The molecule has 1 heterocycles. The number of rotatable bonds is 5. The molecule has 0 fully saturated rings. The molecule has 0 saturated heterocycles. The van der Waals surface area contributed by atoms with Crippen LogP contribution in [0.4, 0.5) is 0 Å². The quantitative estimate of drug-likeness (QED) is 0.474. The zero-order chi connectivity index (χ0) is 12.8. The molecule has 0 aliphatic carbocycles. The van der Waals surface area contributed by atoms with Crippen LogP contribution in [-0.4, -0.2) is 37.5 Å². The lowest BCUT2D eigenvalue weighted by Gasteiger charge is -2.20. The van der Waals surface area contributed by atoms with E-state index in [1.807, 2.05) is 40.1 Å². The van der Waals surface area contributed by atoms with Crippen LogP contribution in [0.25, 0.3) is 0 Å². The number of nitrogens with zero attached hydrogens (tertiary/aromatic N) is 2. The van der Waals surface area contributed by atoms with Crippen molar-refractivity contribution in [3.63, 3.8) is 0 Å². The van der Waals surface area contributed by atoms with Gasteiger partial charge >= 0.3 is 0 Å². The Balaban J connectivity index is 0.00000289. The first-order valence-electron chi connectivity index (χ1n) is 5.77. The number of furan rings is 1. The van der Waals surface area contributed by atoms with E-state index in [1.165, 1.54) is 0 Å². The van der Waals surface area contributed by atoms with E-state index in [0.29, 0.717) is 18.5 Å². The van der Waals surface area contributed by atoms with Crippen LogP contribution in [0, 0.1) is 0 Å². The highest BCUT2D eigenvalue weighted by molar-refractivity contribution is 14.0. The summed E-state index contributed by atoms with van der Waals surface area (Å²) < 4.78 is 5.40. The number of likely N-dealkylation sites (N-methyl/N-ethyl adjacent to an activating group) is 1. The molecule has 0 saturated carbocycles. The molecular weight excluding hydrogens is 343 g/mol. The Kier molecular flexibility index (Phi) is 8.01. The van der Waals surface area contributed by atoms with Crippen molar-refractivity contribution in [2.24, 2.45) is 10.7 Å². The molecule has 18 heavy (non-hydrogen) atoms. The summed E-state index contributed by atoms with van der Waals surface area (Å²) in [6.45, 7) is 4.63. The van der Waals surface area contributed by atoms with E-state index in [0.717, 1.165) is 5.76 Å². The highest BCUT2D eigenvalue weighted by atomic mass is 127. The number of nitrogens with one attached hydrogen (secondary N) is 1. The second kappa shape index (κ2) is 8.36. The second-order valence-electron chi connectivity index (χ2n) is 4.52. The van der Waals surface area contributed by atoms with Gasteiger partial charge in [-0.1, -0.05) is 0 Å². The third kappa shape index (κ3) is 5.72. The summed E-state index contributed by atoms with van der Waals surface area (Å²) in [4.78, 5) is 6.38. The zero-order valence-corrected chi connectivity index (χ0v) is 13.7. The molecule has 6 heteroatoms. The van der Waals surface area contributed by atoms with Gasteiger partial charge in [0.1, 0.15) is 5.76 Å². The standard InChI is InChI=1S/C12H22N4O.HI/c1-9(2)15-12(13)14-8-10(16(3)4)11-6-5-7-17-11;/h5-7,9-10H,8H2,1-4H3,(H3,13,14,15);1H. The molecule has 5 nitrogen and oxygen atoms in total. The molecule has 1 aromatic heterocycles. The fourth-order valence-corrected chi connectivity index (χ4v) is 1.51. The Morgan fingerprint density at radius 2 is 2.17 bits per heavy atom. The second-order valence-corrected chi connectivity index (χ2v) is 4.52. The normalized spacial score (nSPS) is 13.6. The predicted octanol–water partition coefficient (Wildman–Crippen LogP) is 1.81. The molecule has 1 atom stereocenters. The van der Waals surface area contributed by atoms with Crippen molar-refractivity contribution in [3.8, 4) is 0 Å². The summed E-state index contributed by atoms with van der Waals surface area (Å²) in [5.41, 5.74) is 5.77. The Morgan fingerprint density at radius 3 is 2.61 bits per heavy atom. The van der Waals surface area contributed by atoms with E-state index in [-0.39, 0.29) is 30.0 Å². The number of hydrogen-bond donors (Lipinski definition) is 2. The molecule has 1 unspecified atom stereocenters. The first kappa shape index (κ1) is 17.2. The van der Waals surface area contributed by atoms with Crippen molar-refractivity contribution in [3.05, 3.63) is 24.2 Å². The summed E-state index contributed by atoms with van der Waals surface area (Å²) in [6, 6.07) is 4.23. The molecule has 0 aromatic carbocycles. The van der Waals surface area contributed by atoms with Crippen LogP contribution in [0.1, 0.15) is 25.6 Å². The lowest BCUT2D eigenvalue weighted by Crippen LogP contribution is -2.37. The SMILES string of the molecule is CC(C)NC(N)=NCC(c1ccco1)N(C)C.I. The van der Waals surface area contributed by atoms with Crippen molar-refractivity contribution in [2.45, 2.75) is 25.9 Å². The fraction of sp³-hybridized carbons (Fsp3) is 0.583. The van der Waals surface area contributed by atoms with Crippen LogP contribution in [0.3, 0.4) is 0 Å². The maximum absolute atomic E-state index is 5.77. The minimum Gasteiger partial charge on any atom is -0.468 e. The largest absolute Gasteiger partial charge is 0.468 e. The van der Waals surface area contributed by atoms with E-state index >= 15 is 0 Å². The summed E-state index contributed by atoms with van der Waals surface area (Å²) in [6.07, 6.45) is 1.67. The lowest BCUT2D eigenvalue weighted by molar-refractivity contribution is 0.265. The van der Waals surface area contributed by atoms with Gasteiger partial charge in [-0.05, 0) is 40.1 Å². The van der Waals surface area contributed by atoms with E-state index in [1.54, 1.807) is 6.26 Å². The minimum absolute atomic E-state index is 0. The molecule has 0 aliphatic rings. The van der Waals surface area contributed by atoms with Gasteiger partial charge in [0.15, 0.2) is 5.96 Å². The molecule has 0 radical (unpaired) electrons. The van der Waals surface area contributed by atoms with Crippen LogP contribution >= 0.6 is 24.0 Å². The average molecular weight is 366 g/mol. The van der Waals surface area contributed by atoms with Gasteiger partial charge in [0.05, 0.1) is 18.8 Å². The number of hydrogen-bond acceptors (Lipinski definition) is 3. The smallest absolute Gasteiger partial charge is 0.188 e. The maximum Gasteiger partial charge on any atom is 0.188 e. The van der Waals surface area contributed by atoms with Crippen LogP contribution in [-0.2, 0) is 0 Å². The van der Waals surface area contributed by atoms with Gasteiger partial charge in [-0.25, -0.2) is 0 Å². The van der Waals surface area contributed by atoms with E-state index < -0.39 is 0 Å². The molecule has 0 aliphatic heterocycles. The van der Waals surface area contributed by atoms with Crippen molar-refractivity contribution in [1.82, 2.24) is 10.2 Å². The number of guanidine groups is 1. The molecular formula is C12H23IN4O. The van der Waals surface area contributed by atoms with Gasteiger partial charge in [-0.2, -0.15) is 0 Å². The number of halogens is 1. The van der Waals surface area contributed by atoms with Crippen LogP contribution < -0.4 is 11.1 Å². The topological polar surface area (TPSA) is 66.8 Å². The first-order chi connectivity index (χ1) is 8.00. The van der Waals surface area contributed by atoms with Gasteiger partial charge in [-0.3, -0.25) is 9.89 Å². The fourth-order valence-electron chi connectivity index (χ4n) is 1.51. The van der Waals surface area contributed by atoms with E-state index in [2.05, 4.69) is 15.2 Å². The van der Waals surface area contributed by atoms with Crippen molar-refractivity contribution < 1.29 is 4.42 Å². The lowest BCUT2D eigenvalue weighted by atomic mass is 10.2. The van der Waals surface area contributed by atoms with Gasteiger partial charge < -0.3 is 15.5 Å². The third-order valence-corrected chi connectivity index (χ3v) is 2.37. The Hall–Kier alpha value is -0.760. The third-order valence-electron chi connectivity index (χ3n) is 2.37.